The summed E-state index contributed by atoms with van der Waals surface area (Å²) < 4.78 is 7.34. The van der Waals surface area contributed by atoms with Crippen LogP contribution in [0.1, 0.15) is 5.56 Å². The topological polar surface area (TPSA) is 59.4 Å². The Balaban J connectivity index is 1.22. The first-order valence-corrected chi connectivity index (χ1v) is 19.8. The molecule has 0 saturated carbocycles. The fraction of sp³-hybridized carbons (Fsp3) is 0. The third-order valence-electron chi connectivity index (χ3n) is 11.3. The van der Waals surface area contributed by atoms with Gasteiger partial charge in [-0.25, -0.2) is 9.97 Å². The van der Waals surface area contributed by atoms with Crippen molar-refractivity contribution in [3.05, 3.63) is 181 Å². The Bertz CT molecular complexity index is 3640. The summed E-state index contributed by atoms with van der Waals surface area (Å²) in [5.74, 6) is 0.524. The van der Waals surface area contributed by atoms with Crippen LogP contribution in [0.25, 0.3) is 109 Å². The van der Waals surface area contributed by atoms with Crippen LogP contribution < -0.4 is 0 Å². The quantitative estimate of drug-likeness (QED) is 0.180. The largest absolute Gasteiger partial charge is 0.307 e. The van der Waals surface area contributed by atoms with Gasteiger partial charge in [0, 0.05) is 69.6 Å². The Morgan fingerprint density at radius 1 is 0.491 bits per heavy atom. The molecule has 5 nitrogen and oxygen atoms in total. The molecule has 0 spiro atoms. The number of thiophene rings is 1. The summed E-state index contributed by atoms with van der Waals surface area (Å²) in [6.07, 6.45) is 0. The fourth-order valence-corrected chi connectivity index (χ4v) is 10.2. The predicted octanol–water partition coefficient (Wildman–Crippen LogP) is 13.4. The number of nitriles is 1. The van der Waals surface area contributed by atoms with E-state index < -0.39 is 0 Å². The molecule has 4 heterocycles. The Hall–Kier alpha value is -7.59. The molecule has 0 fully saturated rings. The van der Waals surface area contributed by atoms with E-state index in [4.69, 9.17) is 9.97 Å². The van der Waals surface area contributed by atoms with Crippen LogP contribution in [-0.2, 0) is 0 Å². The van der Waals surface area contributed by atoms with Crippen molar-refractivity contribution in [3.63, 3.8) is 0 Å². The van der Waals surface area contributed by atoms with Gasteiger partial charge >= 0.3 is 0 Å². The minimum Gasteiger partial charge on any atom is -0.307 e. The van der Waals surface area contributed by atoms with Crippen molar-refractivity contribution >= 4 is 86.0 Å². The number of nitrogens with zero attached hydrogens (tertiary/aromatic N) is 5. The lowest BCUT2D eigenvalue weighted by atomic mass is 10.0. The Morgan fingerprint density at radius 3 is 1.84 bits per heavy atom. The van der Waals surface area contributed by atoms with Gasteiger partial charge in [0.2, 0.25) is 0 Å². The number of aromatic nitrogens is 4. The molecule has 0 bridgehead atoms. The SMILES string of the molecule is N#Cc1cc(-n2c3ccccc3c3c4c5ccccc5sc4c4c5ccccc5n(-c5ccccc5)c4c32)ccc1-c1nc(-c2ccccc2)c2ccccc2n1. The first kappa shape index (κ1) is 31.7. The Labute approximate surface area is 330 Å². The van der Waals surface area contributed by atoms with Gasteiger partial charge in [-0.15, -0.1) is 11.3 Å². The van der Waals surface area contributed by atoms with Gasteiger partial charge in [0.25, 0.3) is 0 Å². The minimum atomic E-state index is 0.509. The fourth-order valence-electron chi connectivity index (χ4n) is 8.97. The zero-order valence-electron chi connectivity index (χ0n) is 30.4. The molecule has 12 rings (SSSR count). The van der Waals surface area contributed by atoms with Crippen molar-refractivity contribution in [3.8, 4) is 40.1 Å². The summed E-state index contributed by atoms with van der Waals surface area (Å²) in [5.41, 5.74) is 10.3. The van der Waals surface area contributed by atoms with E-state index in [2.05, 4.69) is 143 Å². The van der Waals surface area contributed by atoms with Crippen molar-refractivity contribution < 1.29 is 0 Å². The first-order valence-electron chi connectivity index (χ1n) is 19.0. The second kappa shape index (κ2) is 12.2. The van der Waals surface area contributed by atoms with E-state index in [1.54, 1.807) is 0 Å². The molecule has 8 aromatic carbocycles. The van der Waals surface area contributed by atoms with E-state index in [1.165, 1.54) is 41.7 Å². The zero-order chi connectivity index (χ0) is 37.6. The number of benzene rings is 8. The van der Waals surface area contributed by atoms with Crippen LogP contribution in [0.15, 0.2) is 176 Å². The molecular formula is C51H29N5S. The summed E-state index contributed by atoms with van der Waals surface area (Å²) >= 11 is 1.87. The molecule has 6 heteroatoms. The molecule has 0 atom stereocenters. The van der Waals surface area contributed by atoms with E-state index in [0.29, 0.717) is 17.0 Å². The zero-order valence-corrected chi connectivity index (χ0v) is 31.2. The number of fused-ring (bicyclic) bond motifs is 13. The first-order chi connectivity index (χ1) is 28.3. The number of hydrogen-bond donors (Lipinski definition) is 0. The molecule has 0 amide bonds. The molecule has 0 saturated heterocycles. The van der Waals surface area contributed by atoms with Crippen molar-refractivity contribution in [2.75, 3.05) is 0 Å². The summed E-state index contributed by atoms with van der Waals surface area (Å²) in [6, 6.07) is 63.9. The second-order valence-electron chi connectivity index (χ2n) is 14.4. The normalized spacial score (nSPS) is 11.8. The highest BCUT2D eigenvalue weighted by Crippen LogP contribution is 2.51. The van der Waals surface area contributed by atoms with E-state index in [9.17, 15) is 5.26 Å². The molecule has 0 aliphatic carbocycles. The number of rotatable bonds is 4. The van der Waals surface area contributed by atoms with Crippen LogP contribution in [0.2, 0.25) is 0 Å². The smallest absolute Gasteiger partial charge is 0.161 e. The molecular weight excluding hydrogens is 715 g/mol. The minimum absolute atomic E-state index is 0.509. The molecule has 0 aliphatic rings. The van der Waals surface area contributed by atoms with Crippen LogP contribution in [0, 0.1) is 11.3 Å². The van der Waals surface area contributed by atoms with Gasteiger partial charge in [-0.2, -0.15) is 5.26 Å². The van der Waals surface area contributed by atoms with E-state index >= 15 is 0 Å². The molecule has 0 radical (unpaired) electrons. The average Bonchev–Trinajstić information content (AvgIpc) is 3.94. The van der Waals surface area contributed by atoms with Gasteiger partial charge in [0.15, 0.2) is 5.82 Å². The highest BCUT2D eigenvalue weighted by atomic mass is 32.1. The van der Waals surface area contributed by atoms with Crippen molar-refractivity contribution in [1.29, 1.82) is 5.26 Å². The molecule has 0 unspecified atom stereocenters. The molecule has 0 N–H and O–H groups in total. The lowest BCUT2D eigenvalue weighted by Gasteiger charge is -2.15. The maximum Gasteiger partial charge on any atom is 0.161 e. The molecule has 264 valence electrons. The predicted molar refractivity (Wildman–Crippen MR) is 237 cm³/mol. The van der Waals surface area contributed by atoms with Crippen LogP contribution in [0.5, 0.6) is 0 Å². The molecule has 12 aromatic rings. The summed E-state index contributed by atoms with van der Waals surface area (Å²) in [4.78, 5) is 10.2. The summed E-state index contributed by atoms with van der Waals surface area (Å²) in [5, 5.41) is 19.2. The van der Waals surface area contributed by atoms with Crippen LogP contribution in [-0.4, -0.2) is 19.1 Å². The number of hydrogen-bond acceptors (Lipinski definition) is 4. The monoisotopic (exact) mass is 743 g/mol. The Kier molecular flexibility index (Phi) is 6.80. The highest BCUT2D eigenvalue weighted by Gasteiger charge is 2.27. The number of para-hydroxylation sites is 4. The average molecular weight is 744 g/mol. The van der Waals surface area contributed by atoms with Gasteiger partial charge in [-0.1, -0.05) is 121 Å². The lowest BCUT2D eigenvalue weighted by Crippen LogP contribution is -2.01. The van der Waals surface area contributed by atoms with Gasteiger partial charge in [0.05, 0.1) is 44.9 Å². The van der Waals surface area contributed by atoms with Crippen LogP contribution in [0.4, 0.5) is 0 Å². The van der Waals surface area contributed by atoms with E-state index in [0.717, 1.165) is 55.6 Å². The molecule has 57 heavy (non-hydrogen) atoms. The maximum absolute atomic E-state index is 10.9. The third kappa shape index (κ3) is 4.55. The van der Waals surface area contributed by atoms with E-state index in [1.807, 2.05) is 59.9 Å². The van der Waals surface area contributed by atoms with Gasteiger partial charge < -0.3 is 9.13 Å². The van der Waals surface area contributed by atoms with Gasteiger partial charge in [0.1, 0.15) is 0 Å². The van der Waals surface area contributed by atoms with Crippen LogP contribution in [0.3, 0.4) is 0 Å². The summed E-state index contributed by atoms with van der Waals surface area (Å²) in [7, 11) is 0. The van der Waals surface area contributed by atoms with E-state index in [-0.39, 0.29) is 0 Å². The third-order valence-corrected chi connectivity index (χ3v) is 12.5. The molecule has 4 aromatic heterocycles. The standard InChI is InChI=1S/C51H29N5S/c52-30-32-29-34(27-28-35(32)51-53-40-23-11-7-19-36(40)47(54-51)31-15-3-1-4-16-31)56-41-24-12-8-20-37(41)44-45-39-22-10-14-26-43(39)57-50(45)46-38-21-9-13-25-42(38)55(49(46)48(44)56)33-17-5-2-6-18-33/h1-29H. The second-order valence-corrected chi connectivity index (χ2v) is 15.5. The summed E-state index contributed by atoms with van der Waals surface area (Å²) in [6.45, 7) is 0. The Morgan fingerprint density at radius 2 is 1.09 bits per heavy atom. The van der Waals surface area contributed by atoms with Crippen molar-refractivity contribution in [1.82, 2.24) is 19.1 Å². The van der Waals surface area contributed by atoms with Crippen molar-refractivity contribution in [2.45, 2.75) is 0 Å². The van der Waals surface area contributed by atoms with Gasteiger partial charge in [-0.05, 0) is 54.6 Å². The lowest BCUT2D eigenvalue weighted by molar-refractivity contribution is 1.15. The maximum atomic E-state index is 10.9. The van der Waals surface area contributed by atoms with Gasteiger partial charge in [-0.3, -0.25) is 0 Å². The van der Waals surface area contributed by atoms with Crippen LogP contribution >= 0.6 is 11.3 Å². The van der Waals surface area contributed by atoms with Crippen molar-refractivity contribution in [2.24, 2.45) is 0 Å². The molecule has 0 aliphatic heterocycles. The highest BCUT2D eigenvalue weighted by molar-refractivity contribution is 7.27.